The molecule has 1 aliphatic heterocycles. The van der Waals surface area contributed by atoms with Gasteiger partial charge in [-0.1, -0.05) is 28.1 Å². The number of hydrogen-bond donors (Lipinski definition) is 0. The van der Waals surface area contributed by atoms with E-state index in [1.165, 1.54) is 5.56 Å². The van der Waals surface area contributed by atoms with Crippen molar-refractivity contribution in [1.29, 1.82) is 0 Å². The number of hydrogen-bond acceptors (Lipinski definition) is 1. The minimum absolute atomic E-state index is 0.157. The fourth-order valence-corrected chi connectivity index (χ4v) is 3.05. The monoisotopic (exact) mass is 343 g/mol. The summed E-state index contributed by atoms with van der Waals surface area (Å²) in [6, 6.07) is 8.41. The molecular formula is C15H19BrClNO. The van der Waals surface area contributed by atoms with Gasteiger partial charge in [-0.2, -0.15) is 0 Å². The largest absolute Gasteiger partial charge is 0.335 e. The van der Waals surface area contributed by atoms with Crippen molar-refractivity contribution < 1.29 is 4.79 Å². The molecule has 0 N–H and O–H groups in total. The molecule has 4 heteroatoms. The van der Waals surface area contributed by atoms with Crippen LogP contribution in [0.2, 0.25) is 0 Å². The van der Waals surface area contributed by atoms with Crippen molar-refractivity contribution in [2.75, 3.05) is 12.4 Å². The second kappa shape index (κ2) is 5.84. The van der Waals surface area contributed by atoms with Crippen LogP contribution in [0.15, 0.2) is 28.7 Å². The lowest BCUT2D eigenvalue weighted by Gasteiger charge is -2.32. The normalized spacial score (nSPS) is 19.8. The molecule has 2 nitrogen and oxygen atoms in total. The maximum Gasteiger partial charge on any atom is 0.229 e. The quantitative estimate of drug-likeness (QED) is 0.745. The molecule has 1 saturated heterocycles. The Balaban J connectivity index is 2.24. The minimum atomic E-state index is -0.490. The van der Waals surface area contributed by atoms with E-state index in [1.807, 2.05) is 30.9 Å². The number of nitrogens with zero attached hydrogens (tertiary/aromatic N) is 1. The van der Waals surface area contributed by atoms with Crippen LogP contribution in [0, 0.1) is 5.41 Å². The van der Waals surface area contributed by atoms with Crippen molar-refractivity contribution >= 4 is 33.4 Å². The summed E-state index contributed by atoms with van der Waals surface area (Å²) >= 11 is 9.43. The molecule has 0 saturated carbocycles. The summed E-state index contributed by atoms with van der Waals surface area (Å²) in [6.45, 7) is 4.66. The fourth-order valence-electron chi connectivity index (χ4n) is 2.52. The highest BCUT2D eigenvalue weighted by molar-refractivity contribution is 9.10. The van der Waals surface area contributed by atoms with Crippen molar-refractivity contribution in [3.05, 3.63) is 34.3 Å². The van der Waals surface area contributed by atoms with Crippen LogP contribution < -0.4 is 0 Å². The van der Waals surface area contributed by atoms with Gasteiger partial charge >= 0.3 is 0 Å². The second-order valence-electron chi connectivity index (χ2n) is 5.73. The van der Waals surface area contributed by atoms with Gasteiger partial charge in [-0.15, -0.1) is 11.6 Å². The lowest BCUT2D eigenvalue weighted by Crippen LogP contribution is -2.41. The molecule has 1 aromatic carbocycles. The number of amides is 1. The molecule has 1 aromatic rings. The summed E-state index contributed by atoms with van der Waals surface area (Å²) in [7, 11) is 0. The zero-order valence-electron chi connectivity index (χ0n) is 11.3. The molecule has 0 bridgehead atoms. The third kappa shape index (κ3) is 3.14. The maximum atomic E-state index is 12.6. The second-order valence-corrected chi connectivity index (χ2v) is 6.91. The van der Waals surface area contributed by atoms with Gasteiger partial charge in [0.2, 0.25) is 5.91 Å². The Hall–Kier alpha value is -0.540. The highest BCUT2D eigenvalue weighted by atomic mass is 79.9. The zero-order chi connectivity index (χ0) is 14.0. The first-order valence-electron chi connectivity index (χ1n) is 6.58. The van der Waals surface area contributed by atoms with Crippen LogP contribution in [-0.4, -0.2) is 23.2 Å². The summed E-state index contributed by atoms with van der Waals surface area (Å²) in [6.07, 6.45) is 2.09. The van der Waals surface area contributed by atoms with Gasteiger partial charge in [0.1, 0.15) is 0 Å². The van der Waals surface area contributed by atoms with Gasteiger partial charge in [-0.3, -0.25) is 4.79 Å². The Morgan fingerprint density at radius 2 is 2.26 bits per heavy atom. The summed E-state index contributed by atoms with van der Waals surface area (Å²) in [5.74, 6) is 0.512. The molecule has 1 aliphatic rings. The molecule has 1 atom stereocenters. The van der Waals surface area contributed by atoms with Gasteiger partial charge in [0, 0.05) is 16.9 Å². The third-order valence-corrected chi connectivity index (χ3v) is 4.82. The van der Waals surface area contributed by atoms with Crippen LogP contribution in [0.3, 0.4) is 0 Å². The SMILES string of the molecule is CC(C)(CCl)C(=O)N1CCCC1c1cccc(Br)c1. The number of benzene rings is 1. The summed E-state index contributed by atoms with van der Waals surface area (Å²) in [4.78, 5) is 14.6. The maximum absolute atomic E-state index is 12.6. The van der Waals surface area contributed by atoms with E-state index in [0.29, 0.717) is 5.88 Å². The van der Waals surface area contributed by atoms with Gasteiger partial charge in [0.15, 0.2) is 0 Å². The van der Waals surface area contributed by atoms with E-state index in [4.69, 9.17) is 11.6 Å². The summed E-state index contributed by atoms with van der Waals surface area (Å²) < 4.78 is 1.06. The molecule has 1 fully saturated rings. The van der Waals surface area contributed by atoms with Crippen LogP contribution >= 0.6 is 27.5 Å². The summed E-state index contributed by atoms with van der Waals surface area (Å²) in [5.41, 5.74) is 0.710. The molecule has 2 rings (SSSR count). The first-order valence-corrected chi connectivity index (χ1v) is 7.91. The van der Waals surface area contributed by atoms with E-state index in [1.54, 1.807) is 0 Å². The topological polar surface area (TPSA) is 20.3 Å². The Bertz CT molecular complexity index is 475. The van der Waals surface area contributed by atoms with E-state index < -0.39 is 5.41 Å². The molecule has 0 spiro atoms. The molecule has 0 aromatic heterocycles. The minimum Gasteiger partial charge on any atom is -0.335 e. The smallest absolute Gasteiger partial charge is 0.229 e. The highest BCUT2D eigenvalue weighted by Gasteiger charge is 2.37. The van der Waals surface area contributed by atoms with E-state index in [-0.39, 0.29) is 11.9 Å². The van der Waals surface area contributed by atoms with Crippen molar-refractivity contribution in [2.24, 2.45) is 5.41 Å². The van der Waals surface area contributed by atoms with E-state index >= 15 is 0 Å². The highest BCUT2D eigenvalue weighted by Crippen LogP contribution is 2.36. The number of likely N-dealkylation sites (tertiary alicyclic amines) is 1. The van der Waals surface area contributed by atoms with Gasteiger partial charge in [-0.25, -0.2) is 0 Å². The van der Waals surface area contributed by atoms with Gasteiger partial charge in [-0.05, 0) is 44.4 Å². The first kappa shape index (κ1) is 14.9. The van der Waals surface area contributed by atoms with Crippen LogP contribution in [0.5, 0.6) is 0 Å². The number of carbonyl (C=O) groups is 1. The average molecular weight is 345 g/mol. The lowest BCUT2D eigenvalue weighted by molar-refractivity contribution is -0.140. The number of alkyl halides is 1. The molecule has 0 radical (unpaired) electrons. The molecule has 1 heterocycles. The molecule has 19 heavy (non-hydrogen) atoms. The zero-order valence-corrected chi connectivity index (χ0v) is 13.7. The predicted octanol–water partition coefficient (Wildman–Crippen LogP) is 4.38. The fraction of sp³-hybridized carbons (Fsp3) is 0.533. The van der Waals surface area contributed by atoms with Gasteiger partial charge < -0.3 is 4.90 Å². The standard InChI is InChI=1S/C15H19BrClNO/c1-15(2,10-17)14(19)18-8-4-7-13(18)11-5-3-6-12(16)9-11/h3,5-6,9,13H,4,7-8,10H2,1-2H3. The molecule has 0 aliphatic carbocycles. The van der Waals surface area contributed by atoms with Gasteiger partial charge in [0.05, 0.1) is 11.5 Å². The Kier molecular flexibility index (Phi) is 4.57. The molecule has 104 valence electrons. The number of halogens is 2. The lowest BCUT2D eigenvalue weighted by atomic mass is 9.93. The van der Waals surface area contributed by atoms with Crippen molar-refractivity contribution in [3.8, 4) is 0 Å². The Labute approximate surface area is 128 Å². The molecular weight excluding hydrogens is 326 g/mol. The average Bonchev–Trinajstić information content (AvgIpc) is 2.86. The van der Waals surface area contributed by atoms with Crippen LogP contribution in [0.25, 0.3) is 0 Å². The van der Waals surface area contributed by atoms with Crippen molar-refractivity contribution in [2.45, 2.75) is 32.7 Å². The first-order chi connectivity index (χ1) is 8.95. The van der Waals surface area contributed by atoms with Crippen molar-refractivity contribution in [3.63, 3.8) is 0 Å². The van der Waals surface area contributed by atoms with Crippen LogP contribution in [0.1, 0.15) is 38.3 Å². The Morgan fingerprint density at radius 3 is 2.89 bits per heavy atom. The van der Waals surface area contributed by atoms with Gasteiger partial charge in [0.25, 0.3) is 0 Å². The van der Waals surface area contributed by atoms with Crippen LogP contribution in [0.4, 0.5) is 0 Å². The van der Waals surface area contributed by atoms with E-state index in [2.05, 4.69) is 28.1 Å². The predicted molar refractivity (Wildman–Crippen MR) is 82.3 cm³/mol. The Morgan fingerprint density at radius 1 is 1.53 bits per heavy atom. The van der Waals surface area contributed by atoms with E-state index in [9.17, 15) is 4.79 Å². The third-order valence-electron chi connectivity index (χ3n) is 3.66. The van der Waals surface area contributed by atoms with Crippen LogP contribution in [-0.2, 0) is 4.79 Å². The summed E-state index contributed by atoms with van der Waals surface area (Å²) in [5, 5.41) is 0. The number of carbonyl (C=O) groups excluding carboxylic acids is 1. The van der Waals surface area contributed by atoms with E-state index in [0.717, 1.165) is 23.9 Å². The molecule has 1 unspecified atom stereocenters. The number of rotatable bonds is 3. The van der Waals surface area contributed by atoms with Crippen molar-refractivity contribution in [1.82, 2.24) is 4.90 Å². The molecule has 1 amide bonds.